The van der Waals surface area contributed by atoms with Crippen molar-refractivity contribution in [2.24, 2.45) is 7.05 Å². The van der Waals surface area contributed by atoms with Crippen molar-refractivity contribution < 1.29 is 9.84 Å². The van der Waals surface area contributed by atoms with Gasteiger partial charge in [0.2, 0.25) is 0 Å². The van der Waals surface area contributed by atoms with Crippen molar-refractivity contribution in [3.05, 3.63) is 48.3 Å². The van der Waals surface area contributed by atoms with E-state index in [1.807, 2.05) is 49.8 Å². The fourth-order valence-corrected chi connectivity index (χ4v) is 2.50. The third-order valence-electron chi connectivity index (χ3n) is 3.69. The van der Waals surface area contributed by atoms with Crippen LogP contribution in [0.25, 0.3) is 11.3 Å². The predicted molar refractivity (Wildman–Crippen MR) is 91.8 cm³/mol. The number of hydrogen-bond donors (Lipinski definition) is 2. The topological polar surface area (TPSA) is 77.1 Å². The fraction of sp³-hybridized carbons (Fsp3) is 0.294. The Hall–Kier alpha value is -2.80. The first kappa shape index (κ1) is 16.1. The minimum Gasteiger partial charge on any atom is -0.497 e. The van der Waals surface area contributed by atoms with E-state index in [0.717, 1.165) is 28.4 Å². The van der Waals surface area contributed by atoms with E-state index in [1.54, 1.807) is 16.5 Å². The molecule has 3 aromatic rings. The molecule has 0 aliphatic carbocycles. The number of hydrogen-bond acceptors (Lipinski definition) is 5. The lowest BCUT2D eigenvalue weighted by molar-refractivity contribution is 0.270. The third kappa shape index (κ3) is 3.57. The summed E-state index contributed by atoms with van der Waals surface area (Å²) < 4.78 is 8.81. The summed E-state index contributed by atoms with van der Waals surface area (Å²) in [5.74, 6) is 1.64. The number of aromatic nitrogens is 4. The first-order chi connectivity index (χ1) is 11.7. The van der Waals surface area contributed by atoms with E-state index in [4.69, 9.17) is 4.74 Å². The van der Waals surface area contributed by atoms with Crippen molar-refractivity contribution in [3.8, 4) is 17.0 Å². The van der Waals surface area contributed by atoms with Gasteiger partial charge >= 0.3 is 0 Å². The maximum atomic E-state index is 9.27. The lowest BCUT2D eigenvalue weighted by Gasteiger charge is -2.07. The van der Waals surface area contributed by atoms with Crippen LogP contribution in [0.2, 0.25) is 0 Å². The average Bonchev–Trinajstić information content (AvgIpc) is 3.20. The van der Waals surface area contributed by atoms with Gasteiger partial charge in [0.25, 0.3) is 0 Å². The molecule has 7 nitrogen and oxygen atoms in total. The van der Waals surface area contributed by atoms with Crippen LogP contribution in [0.1, 0.15) is 5.56 Å². The van der Waals surface area contributed by atoms with Gasteiger partial charge in [-0.05, 0) is 12.1 Å². The highest BCUT2D eigenvalue weighted by atomic mass is 16.5. The van der Waals surface area contributed by atoms with Gasteiger partial charge in [-0.15, -0.1) is 0 Å². The third-order valence-corrected chi connectivity index (χ3v) is 3.69. The van der Waals surface area contributed by atoms with Crippen LogP contribution in [0.3, 0.4) is 0 Å². The summed E-state index contributed by atoms with van der Waals surface area (Å²) in [5, 5.41) is 21.4. The van der Waals surface area contributed by atoms with Crippen molar-refractivity contribution >= 4 is 5.82 Å². The number of aliphatic hydroxyl groups is 1. The number of ether oxygens (including phenoxy) is 1. The molecule has 0 spiro atoms. The van der Waals surface area contributed by atoms with Gasteiger partial charge in [0.1, 0.15) is 11.6 Å². The molecule has 24 heavy (non-hydrogen) atoms. The van der Waals surface area contributed by atoms with Gasteiger partial charge in [0.15, 0.2) is 0 Å². The lowest BCUT2D eigenvalue weighted by Crippen LogP contribution is -2.10. The monoisotopic (exact) mass is 327 g/mol. The number of benzene rings is 1. The summed E-state index contributed by atoms with van der Waals surface area (Å²) in [6, 6.07) is 9.73. The lowest BCUT2D eigenvalue weighted by atomic mass is 10.1. The Morgan fingerprint density at radius 1 is 1.29 bits per heavy atom. The van der Waals surface area contributed by atoms with Crippen LogP contribution in [0.15, 0.2) is 42.7 Å². The molecule has 0 bridgehead atoms. The molecule has 0 amide bonds. The SMILES string of the molecule is COc1cccc(-c2cc(NCc3cnn(C)c3)n(CCO)n2)c1. The van der Waals surface area contributed by atoms with Crippen molar-refractivity contribution in [1.82, 2.24) is 19.6 Å². The molecule has 2 N–H and O–H groups in total. The molecule has 2 heterocycles. The molecule has 0 saturated carbocycles. The van der Waals surface area contributed by atoms with E-state index in [2.05, 4.69) is 15.5 Å². The van der Waals surface area contributed by atoms with Gasteiger partial charge in [0.05, 0.1) is 32.2 Å². The van der Waals surface area contributed by atoms with Crippen LogP contribution in [0, 0.1) is 0 Å². The van der Waals surface area contributed by atoms with Crippen molar-refractivity contribution in [1.29, 1.82) is 0 Å². The maximum Gasteiger partial charge on any atom is 0.125 e. The zero-order valence-electron chi connectivity index (χ0n) is 13.8. The Balaban J connectivity index is 1.83. The van der Waals surface area contributed by atoms with Crippen LogP contribution < -0.4 is 10.1 Å². The van der Waals surface area contributed by atoms with E-state index >= 15 is 0 Å². The predicted octanol–water partition coefficient (Wildman–Crippen LogP) is 1.90. The van der Waals surface area contributed by atoms with E-state index in [-0.39, 0.29) is 6.61 Å². The van der Waals surface area contributed by atoms with Crippen LogP contribution in [-0.4, -0.2) is 38.4 Å². The number of nitrogens with one attached hydrogen (secondary N) is 1. The Morgan fingerprint density at radius 3 is 2.88 bits per heavy atom. The number of aliphatic hydroxyl groups excluding tert-OH is 1. The highest BCUT2D eigenvalue weighted by molar-refractivity contribution is 5.64. The molecule has 0 fully saturated rings. The minimum atomic E-state index is 0.0286. The Labute approximate surface area is 140 Å². The first-order valence-electron chi connectivity index (χ1n) is 7.74. The molecule has 7 heteroatoms. The average molecular weight is 327 g/mol. The van der Waals surface area contributed by atoms with Gasteiger partial charge in [-0.1, -0.05) is 12.1 Å². The normalized spacial score (nSPS) is 10.8. The number of rotatable bonds is 7. The van der Waals surface area contributed by atoms with E-state index in [9.17, 15) is 5.11 Å². The highest BCUT2D eigenvalue weighted by Gasteiger charge is 2.10. The molecular formula is C17H21N5O2. The molecule has 2 aromatic heterocycles. The Bertz CT molecular complexity index is 809. The number of methoxy groups -OCH3 is 1. The highest BCUT2D eigenvalue weighted by Crippen LogP contribution is 2.25. The minimum absolute atomic E-state index is 0.0286. The van der Waals surface area contributed by atoms with Crippen molar-refractivity contribution in [2.45, 2.75) is 13.1 Å². The van der Waals surface area contributed by atoms with Crippen LogP contribution in [-0.2, 0) is 20.1 Å². The van der Waals surface area contributed by atoms with Crippen LogP contribution in [0.5, 0.6) is 5.75 Å². The van der Waals surface area contributed by atoms with E-state index in [0.29, 0.717) is 13.1 Å². The Morgan fingerprint density at radius 2 is 2.17 bits per heavy atom. The smallest absolute Gasteiger partial charge is 0.125 e. The second-order valence-corrected chi connectivity index (χ2v) is 5.47. The summed E-state index contributed by atoms with van der Waals surface area (Å²) in [6.45, 7) is 1.10. The Kier molecular flexibility index (Phi) is 4.81. The van der Waals surface area contributed by atoms with E-state index in [1.165, 1.54) is 0 Å². The zero-order valence-corrected chi connectivity index (χ0v) is 13.8. The number of nitrogens with zero attached hydrogens (tertiary/aromatic N) is 4. The van der Waals surface area contributed by atoms with Gasteiger partial charge in [0, 0.05) is 37.0 Å². The van der Waals surface area contributed by atoms with Crippen molar-refractivity contribution in [2.75, 3.05) is 19.0 Å². The summed E-state index contributed by atoms with van der Waals surface area (Å²) >= 11 is 0. The second kappa shape index (κ2) is 7.18. The van der Waals surface area contributed by atoms with Crippen LogP contribution in [0.4, 0.5) is 5.82 Å². The molecule has 0 aliphatic heterocycles. The summed E-state index contributed by atoms with van der Waals surface area (Å²) in [5.41, 5.74) is 2.88. The molecule has 0 unspecified atom stereocenters. The van der Waals surface area contributed by atoms with Gasteiger partial charge in [-0.25, -0.2) is 4.68 Å². The molecule has 1 aromatic carbocycles. The summed E-state index contributed by atoms with van der Waals surface area (Å²) in [7, 11) is 3.53. The van der Waals surface area contributed by atoms with E-state index < -0.39 is 0 Å². The van der Waals surface area contributed by atoms with Gasteiger partial charge in [-0.2, -0.15) is 10.2 Å². The second-order valence-electron chi connectivity index (χ2n) is 5.47. The standard InChI is InChI=1S/C17H21N5O2/c1-21-12-13(11-19-21)10-18-17-9-16(20-22(17)6-7-23)14-4-3-5-15(8-14)24-2/h3-5,8-9,11-12,18,23H,6-7,10H2,1-2H3. The van der Waals surface area contributed by atoms with Gasteiger partial charge in [-0.3, -0.25) is 4.68 Å². The first-order valence-corrected chi connectivity index (χ1v) is 7.74. The zero-order chi connectivity index (χ0) is 16.9. The summed E-state index contributed by atoms with van der Waals surface area (Å²) in [6.07, 6.45) is 3.78. The van der Waals surface area contributed by atoms with Gasteiger partial charge < -0.3 is 15.2 Å². The molecule has 126 valence electrons. The summed E-state index contributed by atoms with van der Waals surface area (Å²) in [4.78, 5) is 0. The number of anilines is 1. The maximum absolute atomic E-state index is 9.27. The number of aryl methyl sites for hydroxylation is 1. The largest absolute Gasteiger partial charge is 0.497 e. The quantitative estimate of drug-likeness (QED) is 0.693. The molecule has 0 radical (unpaired) electrons. The molecule has 3 rings (SSSR count). The van der Waals surface area contributed by atoms with Crippen molar-refractivity contribution in [3.63, 3.8) is 0 Å². The molecule has 0 aliphatic rings. The molecular weight excluding hydrogens is 306 g/mol. The van der Waals surface area contributed by atoms with Crippen LogP contribution >= 0.6 is 0 Å². The molecule has 0 saturated heterocycles. The fourth-order valence-electron chi connectivity index (χ4n) is 2.50. The molecule has 0 atom stereocenters.